The summed E-state index contributed by atoms with van der Waals surface area (Å²) < 4.78 is 13.5. The van der Waals surface area contributed by atoms with E-state index in [-0.39, 0.29) is 24.7 Å². The molecule has 0 aliphatic rings. The number of halogens is 2. The molecule has 0 saturated heterocycles. The summed E-state index contributed by atoms with van der Waals surface area (Å²) in [5.41, 5.74) is 0.732. The van der Waals surface area contributed by atoms with Crippen molar-refractivity contribution in [2.45, 2.75) is 0 Å². The van der Waals surface area contributed by atoms with Crippen molar-refractivity contribution in [3.05, 3.63) is 59.4 Å². The van der Waals surface area contributed by atoms with Gasteiger partial charge in [-0.1, -0.05) is 23.7 Å². The summed E-state index contributed by atoms with van der Waals surface area (Å²) in [5.74, 6) is -1.17. The van der Waals surface area contributed by atoms with Gasteiger partial charge in [0.2, 0.25) is 11.8 Å². The van der Waals surface area contributed by atoms with Gasteiger partial charge in [-0.3, -0.25) is 14.5 Å². The fourth-order valence-electron chi connectivity index (χ4n) is 2.03. The second kappa shape index (κ2) is 8.42. The molecule has 2 N–H and O–H groups in total. The number of amides is 2. The summed E-state index contributed by atoms with van der Waals surface area (Å²) in [6.07, 6.45) is 0. The summed E-state index contributed by atoms with van der Waals surface area (Å²) in [6, 6.07) is 12.6. The maximum atomic E-state index is 13.5. The maximum Gasteiger partial charge on any atom is 0.238 e. The van der Waals surface area contributed by atoms with Crippen molar-refractivity contribution in [3.8, 4) is 0 Å². The summed E-state index contributed by atoms with van der Waals surface area (Å²) in [6.45, 7) is -0.0182. The number of hydrogen-bond donors (Lipinski definition) is 2. The average Bonchev–Trinajstić information content (AvgIpc) is 2.51. The predicted octanol–water partition coefficient (Wildman–Crippen LogP) is 2.99. The lowest BCUT2D eigenvalue weighted by Gasteiger charge is -2.16. The van der Waals surface area contributed by atoms with E-state index in [2.05, 4.69) is 10.6 Å². The van der Waals surface area contributed by atoms with Crippen molar-refractivity contribution < 1.29 is 14.0 Å². The van der Waals surface area contributed by atoms with Crippen LogP contribution >= 0.6 is 11.6 Å². The molecule has 0 saturated carbocycles. The van der Waals surface area contributed by atoms with Gasteiger partial charge in [0.1, 0.15) is 5.82 Å². The van der Waals surface area contributed by atoms with E-state index in [9.17, 15) is 14.0 Å². The Hall–Kier alpha value is -2.44. The minimum atomic E-state index is -0.506. The van der Waals surface area contributed by atoms with E-state index in [4.69, 9.17) is 11.6 Å². The number of carbonyl (C=O) groups excluding carboxylic acids is 2. The SMILES string of the molecule is CN(CC(=O)Nc1ccc(Cl)cc1)CC(=O)Nc1ccccc1F. The molecule has 0 bridgehead atoms. The zero-order valence-electron chi connectivity index (χ0n) is 13.1. The fourth-order valence-corrected chi connectivity index (χ4v) is 2.16. The summed E-state index contributed by atoms with van der Waals surface area (Å²) in [4.78, 5) is 25.3. The van der Waals surface area contributed by atoms with Gasteiger partial charge in [-0.2, -0.15) is 0 Å². The van der Waals surface area contributed by atoms with Crippen LogP contribution in [0.25, 0.3) is 0 Å². The minimum Gasteiger partial charge on any atom is -0.325 e. The molecular formula is C17H17ClFN3O2. The first-order valence-corrected chi connectivity index (χ1v) is 7.60. The highest BCUT2D eigenvalue weighted by molar-refractivity contribution is 6.30. The third-order valence-corrected chi connectivity index (χ3v) is 3.35. The van der Waals surface area contributed by atoms with E-state index in [0.717, 1.165) is 0 Å². The van der Waals surface area contributed by atoms with E-state index < -0.39 is 11.7 Å². The van der Waals surface area contributed by atoms with Crippen LogP contribution in [0.1, 0.15) is 0 Å². The summed E-state index contributed by atoms with van der Waals surface area (Å²) in [7, 11) is 1.63. The third-order valence-electron chi connectivity index (χ3n) is 3.10. The highest BCUT2D eigenvalue weighted by Gasteiger charge is 2.12. The Bertz CT molecular complexity index is 722. The zero-order chi connectivity index (χ0) is 17.5. The number of likely N-dealkylation sites (N-methyl/N-ethyl adjacent to an activating group) is 1. The van der Waals surface area contributed by atoms with Gasteiger partial charge in [0.15, 0.2) is 0 Å². The zero-order valence-corrected chi connectivity index (χ0v) is 13.8. The van der Waals surface area contributed by atoms with Crippen LogP contribution < -0.4 is 10.6 Å². The second-order valence-electron chi connectivity index (χ2n) is 5.26. The van der Waals surface area contributed by atoms with Crippen molar-refractivity contribution in [3.63, 3.8) is 0 Å². The molecule has 0 atom stereocenters. The molecule has 0 aromatic heterocycles. The quantitative estimate of drug-likeness (QED) is 0.842. The molecule has 0 aliphatic carbocycles. The molecule has 0 heterocycles. The Kier molecular flexibility index (Phi) is 6.28. The van der Waals surface area contributed by atoms with Crippen LogP contribution in [0.2, 0.25) is 5.02 Å². The summed E-state index contributed by atoms with van der Waals surface area (Å²) >= 11 is 5.78. The van der Waals surface area contributed by atoms with Crippen molar-refractivity contribution in [2.75, 3.05) is 30.8 Å². The lowest BCUT2D eigenvalue weighted by molar-refractivity contribution is -0.119. The number of benzene rings is 2. The van der Waals surface area contributed by atoms with Gasteiger partial charge in [0.25, 0.3) is 0 Å². The number of nitrogens with zero attached hydrogens (tertiary/aromatic N) is 1. The first kappa shape index (κ1) is 17.9. The van der Waals surface area contributed by atoms with Crippen molar-refractivity contribution >= 4 is 34.8 Å². The van der Waals surface area contributed by atoms with E-state index in [1.807, 2.05) is 0 Å². The molecule has 0 unspecified atom stereocenters. The van der Waals surface area contributed by atoms with Crippen LogP contribution in [0.3, 0.4) is 0 Å². The molecule has 0 radical (unpaired) electrons. The van der Waals surface area contributed by atoms with Gasteiger partial charge in [-0.05, 0) is 43.4 Å². The third kappa shape index (κ3) is 5.64. The largest absolute Gasteiger partial charge is 0.325 e. The molecule has 2 amide bonds. The highest BCUT2D eigenvalue weighted by Crippen LogP contribution is 2.13. The first-order chi connectivity index (χ1) is 11.4. The first-order valence-electron chi connectivity index (χ1n) is 7.22. The number of nitrogens with one attached hydrogen (secondary N) is 2. The lowest BCUT2D eigenvalue weighted by Crippen LogP contribution is -2.36. The monoisotopic (exact) mass is 349 g/mol. The summed E-state index contributed by atoms with van der Waals surface area (Å²) in [5, 5.41) is 5.75. The van der Waals surface area contributed by atoms with Gasteiger partial charge in [0.05, 0.1) is 18.8 Å². The minimum absolute atomic E-state index is 0.0211. The van der Waals surface area contributed by atoms with E-state index in [0.29, 0.717) is 10.7 Å². The maximum absolute atomic E-state index is 13.5. The lowest BCUT2D eigenvalue weighted by atomic mass is 10.3. The Balaban J connectivity index is 1.80. The number of hydrogen-bond acceptors (Lipinski definition) is 3. The Labute approximate surface area is 144 Å². The van der Waals surface area contributed by atoms with Gasteiger partial charge < -0.3 is 10.6 Å². The number of carbonyl (C=O) groups is 2. The second-order valence-corrected chi connectivity index (χ2v) is 5.69. The van der Waals surface area contributed by atoms with E-state index in [1.165, 1.54) is 23.1 Å². The van der Waals surface area contributed by atoms with Crippen LogP contribution in [-0.2, 0) is 9.59 Å². The standard InChI is InChI=1S/C17H17ClFN3O2/c1-22(10-16(23)20-13-8-6-12(18)7-9-13)11-17(24)21-15-5-3-2-4-14(15)19/h2-9H,10-11H2,1H3,(H,20,23)(H,21,24). The Morgan fingerprint density at radius 2 is 1.58 bits per heavy atom. The highest BCUT2D eigenvalue weighted by atomic mass is 35.5. The predicted molar refractivity (Wildman–Crippen MR) is 92.6 cm³/mol. The van der Waals surface area contributed by atoms with Crippen LogP contribution in [0, 0.1) is 5.82 Å². The van der Waals surface area contributed by atoms with Crippen LogP contribution in [0.4, 0.5) is 15.8 Å². The van der Waals surface area contributed by atoms with Crippen LogP contribution in [0.5, 0.6) is 0 Å². The van der Waals surface area contributed by atoms with E-state index >= 15 is 0 Å². The van der Waals surface area contributed by atoms with Gasteiger partial charge in [-0.25, -0.2) is 4.39 Å². The van der Waals surface area contributed by atoms with Gasteiger partial charge >= 0.3 is 0 Å². The Morgan fingerprint density at radius 3 is 2.21 bits per heavy atom. The van der Waals surface area contributed by atoms with Crippen LogP contribution in [-0.4, -0.2) is 36.9 Å². The van der Waals surface area contributed by atoms with Crippen molar-refractivity contribution in [2.24, 2.45) is 0 Å². The van der Waals surface area contributed by atoms with Crippen LogP contribution in [0.15, 0.2) is 48.5 Å². The Morgan fingerprint density at radius 1 is 1.00 bits per heavy atom. The molecule has 7 heteroatoms. The van der Waals surface area contributed by atoms with Gasteiger partial charge in [-0.15, -0.1) is 0 Å². The number of para-hydroxylation sites is 1. The number of anilines is 2. The topological polar surface area (TPSA) is 61.4 Å². The molecule has 2 aromatic rings. The van der Waals surface area contributed by atoms with Crippen molar-refractivity contribution in [1.29, 1.82) is 0 Å². The van der Waals surface area contributed by atoms with Crippen molar-refractivity contribution in [1.82, 2.24) is 4.90 Å². The molecule has 2 rings (SSSR count). The smallest absolute Gasteiger partial charge is 0.238 e. The molecule has 0 spiro atoms. The molecule has 0 aliphatic heterocycles. The number of rotatable bonds is 6. The molecule has 0 fully saturated rings. The van der Waals surface area contributed by atoms with Gasteiger partial charge in [0, 0.05) is 10.7 Å². The van der Waals surface area contributed by atoms with E-state index in [1.54, 1.807) is 37.4 Å². The molecule has 126 valence electrons. The molecule has 24 heavy (non-hydrogen) atoms. The fraction of sp³-hybridized carbons (Fsp3) is 0.176. The average molecular weight is 350 g/mol. The molecule has 5 nitrogen and oxygen atoms in total. The normalized spacial score (nSPS) is 10.5. The molecular weight excluding hydrogens is 333 g/mol. The molecule has 2 aromatic carbocycles.